The van der Waals surface area contributed by atoms with Crippen molar-refractivity contribution in [1.82, 2.24) is 10.2 Å². The number of hydrogen-bond donors (Lipinski definition) is 1. The number of nitrogens with one attached hydrogen (secondary N) is 1. The Bertz CT molecular complexity index is 1210. The van der Waals surface area contributed by atoms with Gasteiger partial charge in [0.15, 0.2) is 0 Å². The van der Waals surface area contributed by atoms with Crippen LogP contribution in [-0.4, -0.2) is 64.6 Å². The molecule has 2 amide bonds. The average molecular weight is 576 g/mol. The Kier molecular flexibility index (Phi) is 11.1. The number of nitro benzene ring substituents is 1. The Hall–Kier alpha value is -3.71. The van der Waals surface area contributed by atoms with E-state index in [1.807, 2.05) is 22.9 Å². The molecule has 1 aromatic heterocycles. The normalized spacial score (nSPS) is 16.8. The van der Waals surface area contributed by atoms with Crippen molar-refractivity contribution >= 4 is 52.5 Å². The lowest BCUT2D eigenvalue weighted by atomic mass is 9.89. The first kappa shape index (κ1) is 29.8. The lowest BCUT2D eigenvalue weighted by Crippen LogP contribution is -2.71. The van der Waals surface area contributed by atoms with Gasteiger partial charge in [-0.3, -0.25) is 29.3 Å². The molecule has 2 aromatic rings. The number of benzene rings is 1. The van der Waals surface area contributed by atoms with Crippen LogP contribution in [0.2, 0.25) is 0 Å². The molecule has 13 heteroatoms. The van der Waals surface area contributed by atoms with Gasteiger partial charge in [-0.2, -0.15) is 0 Å². The largest absolute Gasteiger partial charge is 0.466 e. The number of thioether (sulfide) groups is 1. The van der Waals surface area contributed by atoms with Gasteiger partial charge in [-0.1, -0.05) is 6.07 Å². The fourth-order valence-electron chi connectivity index (χ4n) is 3.87. The first-order chi connectivity index (χ1) is 18.7. The number of esters is 2. The quantitative estimate of drug-likeness (QED) is 0.118. The molecule has 1 N–H and O–H groups in total. The number of hydrogen-bond acceptors (Lipinski definition) is 10. The van der Waals surface area contributed by atoms with E-state index in [1.54, 1.807) is 13.8 Å². The summed E-state index contributed by atoms with van der Waals surface area (Å²) in [4.78, 5) is 62.2. The van der Waals surface area contributed by atoms with Crippen LogP contribution in [0.15, 0.2) is 52.8 Å². The minimum atomic E-state index is -0.832. The van der Waals surface area contributed by atoms with Crippen LogP contribution in [-0.2, 0) is 41.7 Å². The number of rotatable bonds is 14. The second-order valence-corrected chi connectivity index (χ2v) is 10.6. The summed E-state index contributed by atoms with van der Waals surface area (Å²) in [6, 6.07) is 7.89. The number of nitro groups is 1. The van der Waals surface area contributed by atoms with Crippen LogP contribution >= 0.6 is 23.1 Å². The molecule has 1 aliphatic heterocycles. The molecule has 1 aliphatic rings. The predicted octanol–water partition coefficient (Wildman–Crippen LogP) is 3.23. The third-order valence-corrected chi connectivity index (χ3v) is 7.60. The Morgan fingerprint density at radius 2 is 1.92 bits per heavy atom. The van der Waals surface area contributed by atoms with Crippen molar-refractivity contribution in [3.05, 3.63) is 73.3 Å². The monoisotopic (exact) mass is 575 g/mol. The lowest BCUT2D eigenvalue weighted by molar-refractivity contribution is -0.384. The van der Waals surface area contributed by atoms with Crippen molar-refractivity contribution in [3.63, 3.8) is 0 Å². The molecule has 208 valence electrons. The van der Waals surface area contributed by atoms with Gasteiger partial charge >= 0.3 is 11.9 Å². The molecule has 0 bridgehead atoms. The van der Waals surface area contributed by atoms with Crippen LogP contribution in [0.3, 0.4) is 0 Å². The van der Waals surface area contributed by atoms with E-state index in [0.29, 0.717) is 17.9 Å². The van der Waals surface area contributed by atoms with Gasteiger partial charge in [-0.05, 0) is 54.0 Å². The second kappa shape index (κ2) is 14.4. The van der Waals surface area contributed by atoms with Crippen molar-refractivity contribution in [2.45, 2.75) is 45.4 Å². The maximum absolute atomic E-state index is 13.0. The van der Waals surface area contributed by atoms with E-state index in [9.17, 15) is 29.3 Å². The molecule has 1 fully saturated rings. The predicted molar refractivity (Wildman–Crippen MR) is 146 cm³/mol. The highest BCUT2D eigenvalue weighted by Gasteiger charge is 2.49. The van der Waals surface area contributed by atoms with E-state index in [0.717, 1.165) is 10.5 Å². The highest BCUT2D eigenvalue weighted by atomic mass is 32.2. The van der Waals surface area contributed by atoms with Crippen LogP contribution in [0.4, 0.5) is 5.69 Å². The van der Waals surface area contributed by atoms with E-state index in [-0.39, 0.29) is 43.6 Å². The van der Waals surface area contributed by atoms with Gasteiger partial charge in [0.2, 0.25) is 11.8 Å². The second-order valence-electron chi connectivity index (χ2n) is 8.58. The Morgan fingerprint density at radius 1 is 1.18 bits per heavy atom. The van der Waals surface area contributed by atoms with Gasteiger partial charge in [0, 0.05) is 22.8 Å². The zero-order valence-electron chi connectivity index (χ0n) is 21.5. The summed E-state index contributed by atoms with van der Waals surface area (Å²) >= 11 is 2.82. The van der Waals surface area contributed by atoms with Crippen molar-refractivity contribution in [2.24, 2.45) is 0 Å². The zero-order valence-corrected chi connectivity index (χ0v) is 23.1. The van der Waals surface area contributed by atoms with Gasteiger partial charge in [-0.25, -0.2) is 0 Å². The Labute approximate surface area is 233 Å². The number of likely N-dealkylation sites (tertiary alicyclic amines) is 1. The molecular weight excluding hydrogens is 546 g/mol. The summed E-state index contributed by atoms with van der Waals surface area (Å²) in [6.45, 7) is 3.41. The van der Waals surface area contributed by atoms with Crippen molar-refractivity contribution in [2.75, 3.05) is 18.9 Å². The number of carbonyl (C=O) groups is 4. The molecule has 1 aromatic carbocycles. The van der Waals surface area contributed by atoms with Gasteiger partial charge in [0.25, 0.3) is 5.69 Å². The number of thiophene rings is 1. The van der Waals surface area contributed by atoms with Crippen LogP contribution in [0.5, 0.6) is 0 Å². The number of nitrogens with zero attached hydrogens (tertiary/aromatic N) is 2. The van der Waals surface area contributed by atoms with E-state index in [2.05, 4.69) is 5.32 Å². The standard InChI is InChI=1S/C26H29N3O8S2/c1-3-36-22(31)10-12-38-16-17(2)25-24(27-21(30)13-20-5-4-11-39-20)26(33)28(25)14-23(32)37-15-18-6-8-19(9-7-18)29(34)35/h4-9,11,16,24-25H,3,10,12-15H2,1-2H3,(H,27,30). The molecule has 2 atom stereocenters. The maximum atomic E-state index is 13.0. The van der Waals surface area contributed by atoms with E-state index in [1.165, 1.54) is 52.3 Å². The average Bonchev–Trinajstić information content (AvgIpc) is 3.42. The van der Waals surface area contributed by atoms with Gasteiger partial charge in [0.1, 0.15) is 19.2 Å². The van der Waals surface area contributed by atoms with Gasteiger partial charge in [-0.15, -0.1) is 23.1 Å². The molecule has 0 saturated carbocycles. The Morgan fingerprint density at radius 3 is 2.56 bits per heavy atom. The molecule has 3 rings (SSSR count). The third-order valence-electron chi connectivity index (χ3n) is 5.74. The van der Waals surface area contributed by atoms with Gasteiger partial charge in [0.05, 0.1) is 30.4 Å². The minimum Gasteiger partial charge on any atom is -0.466 e. The van der Waals surface area contributed by atoms with E-state index in [4.69, 9.17) is 9.47 Å². The van der Waals surface area contributed by atoms with Crippen molar-refractivity contribution < 1.29 is 33.6 Å². The lowest BCUT2D eigenvalue weighted by Gasteiger charge is -2.47. The molecule has 2 heterocycles. The highest BCUT2D eigenvalue weighted by molar-refractivity contribution is 8.02. The van der Waals surface area contributed by atoms with Crippen LogP contribution in [0.1, 0.15) is 30.7 Å². The summed E-state index contributed by atoms with van der Waals surface area (Å²) in [5.41, 5.74) is 1.23. The third kappa shape index (κ3) is 8.65. The smallest absolute Gasteiger partial charge is 0.326 e. The van der Waals surface area contributed by atoms with Gasteiger partial charge < -0.3 is 19.7 Å². The number of β-lactam (4-membered cyclic amide) rings is 1. The highest BCUT2D eigenvalue weighted by Crippen LogP contribution is 2.28. The number of carbonyl (C=O) groups excluding carboxylic acids is 4. The number of ether oxygens (including phenoxy) is 2. The Balaban J connectivity index is 1.62. The summed E-state index contributed by atoms with van der Waals surface area (Å²) in [5, 5.41) is 17.3. The van der Waals surface area contributed by atoms with Crippen molar-refractivity contribution in [1.29, 1.82) is 0 Å². The first-order valence-electron chi connectivity index (χ1n) is 12.1. The first-order valence-corrected chi connectivity index (χ1v) is 14.1. The maximum Gasteiger partial charge on any atom is 0.326 e. The summed E-state index contributed by atoms with van der Waals surface area (Å²) < 4.78 is 10.2. The fraction of sp³-hybridized carbons (Fsp3) is 0.385. The van der Waals surface area contributed by atoms with Crippen LogP contribution in [0.25, 0.3) is 0 Å². The summed E-state index contributed by atoms with van der Waals surface area (Å²) in [5.74, 6) is -1.19. The zero-order chi connectivity index (χ0) is 28.4. The van der Waals surface area contributed by atoms with Crippen molar-refractivity contribution in [3.8, 4) is 0 Å². The topological polar surface area (TPSA) is 145 Å². The molecule has 39 heavy (non-hydrogen) atoms. The SMILES string of the molecule is CCOC(=O)CCSC=C(C)C1C(NC(=O)Cc2cccs2)C(=O)N1CC(=O)OCc1ccc([N+](=O)[O-])cc1. The van der Waals surface area contributed by atoms with Crippen LogP contribution in [0, 0.1) is 10.1 Å². The summed E-state index contributed by atoms with van der Waals surface area (Å²) in [6.07, 6.45) is 0.369. The summed E-state index contributed by atoms with van der Waals surface area (Å²) in [7, 11) is 0. The molecule has 0 spiro atoms. The number of amides is 2. The number of non-ortho nitro benzene ring substituents is 1. The molecule has 0 radical (unpaired) electrons. The molecule has 11 nitrogen and oxygen atoms in total. The molecule has 1 saturated heterocycles. The molecule has 2 unspecified atom stereocenters. The fourth-order valence-corrected chi connectivity index (χ4v) is 5.38. The molecular formula is C26H29N3O8S2. The van der Waals surface area contributed by atoms with E-state index >= 15 is 0 Å². The van der Waals surface area contributed by atoms with E-state index < -0.39 is 28.9 Å². The van der Waals surface area contributed by atoms with Crippen LogP contribution < -0.4 is 5.32 Å². The minimum absolute atomic E-state index is 0.0753. The molecule has 0 aliphatic carbocycles.